The fraction of sp³-hybridized carbons (Fsp3) is 0.167. The van der Waals surface area contributed by atoms with Crippen LogP contribution in [0.5, 0.6) is 0 Å². The van der Waals surface area contributed by atoms with Crippen molar-refractivity contribution in [1.82, 2.24) is 29.7 Å². The van der Waals surface area contributed by atoms with Gasteiger partial charge in [-0.15, -0.1) is 10.2 Å². The number of benzene rings is 1. The first-order valence-corrected chi connectivity index (χ1v) is 9.84. The lowest BCUT2D eigenvalue weighted by Crippen LogP contribution is -2.00. The molecule has 3 aromatic heterocycles. The summed E-state index contributed by atoms with van der Waals surface area (Å²) >= 11 is 5.07. The third-order valence-electron chi connectivity index (χ3n) is 4.26. The van der Waals surface area contributed by atoms with E-state index >= 15 is 0 Å². The minimum atomic E-state index is 0.454. The van der Waals surface area contributed by atoms with Crippen LogP contribution in [0, 0.1) is 0 Å². The number of rotatable bonds is 4. The molecule has 1 aromatic carbocycles. The van der Waals surface area contributed by atoms with Gasteiger partial charge in [-0.3, -0.25) is 9.55 Å². The van der Waals surface area contributed by atoms with E-state index in [1.807, 2.05) is 30.3 Å². The first-order valence-electron chi connectivity index (χ1n) is 8.23. The average molecular weight is 425 g/mol. The molecule has 0 radical (unpaired) electrons. The lowest BCUT2D eigenvalue weighted by molar-refractivity contribution is 0.669. The van der Waals surface area contributed by atoms with Gasteiger partial charge in [0.1, 0.15) is 11.4 Å². The van der Waals surface area contributed by atoms with Gasteiger partial charge in [0.15, 0.2) is 11.0 Å². The molecule has 0 saturated heterocycles. The van der Waals surface area contributed by atoms with Gasteiger partial charge in [0.25, 0.3) is 0 Å². The van der Waals surface area contributed by atoms with Gasteiger partial charge in [-0.2, -0.15) is 0 Å². The minimum Gasteiger partial charge on any atom is -0.299 e. The summed E-state index contributed by atoms with van der Waals surface area (Å²) in [4.78, 5) is 12.9. The summed E-state index contributed by atoms with van der Waals surface area (Å²) in [5.41, 5.74) is 1.94. The summed E-state index contributed by atoms with van der Waals surface area (Å²) in [6.45, 7) is 0. The van der Waals surface area contributed by atoms with Gasteiger partial charge in [0.05, 0.1) is 5.52 Å². The van der Waals surface area contributed by atoms with Crippen LogP contribution in [0.3, 0.4) is 0 Å². The number of aromatic nitrogens is 6. The molecular weight excluding hydrogens is 412 g/mol. The van der Waals surface area contributed by atoms with Crippen LogP contribution in [-0.2, 0) is 0 Å². The number of hydrogen-bond donors (Lipinski definition) is 0. The Hall–Kier alpha value is -2.32. The molecule has 8 heteroatoms. The van der Waals surface area contributed by atoms with Crippen LogP contribution in [0.25, 0.3) is 22.3 Å². The topological polar surface area (TPSA) is 69.4 Å². The molecule has 0 aliphatic heterocycles. The van der Waals surface area contributed by atoms with Crippen LogP contribution in [0.4, 0.5) is 0 Å². The van der Waals surface area contributed by atoms with Gasteiger partial charge in [0.2, 0.25) is 0 Å². The van der Waals surface area contributed by atoms with Gasteiger partial charge in [-0.1, -0.05) is 15.9 Å². The van der Waals surface area contributed by atoms with Crippen molar-refractivity contribution in [3.05, 3.63) is 53.5 Å². The zero-order chi connectivity index (χ0) is 17.5. The van der Waals surface area contributed by atoms with E-state index < -0.39 is 0 Å². The lowest BCUT2D eigenvalue weighted by Gasteiger charge is -2.09. The Bertz CT molecular complexity index is 1090. The van der Waals surface area contributed by atoms with Crippen LogP contribution in [-0.4, -0.2) is 29.7 Å². The molecule has 5 rings (SSSR count). The highest BCUT2D eigenvalue weighted by Crippen LogP contribution is 2.42. The van der Waals surface area contributed by atoms with Crippen molar-refractivity contribution in [2.45, 2.75) is 29.1 Å². The van der Waals surface area contributed by atoms with Crippen molar-refractivity contribution >= 4 is 38.6 Å². The third kappa shape index (κ3) is 2.89. The van der Waals surface area contributed by atoms with E-state index in [9.17, 15) is 0 Å². The average Bonchev–Trinajstić information content (AvgIpc) is 3.43. The molecule has 0 N–H and O–H groups in total. The smallest absolute Gasteiger partial charge is 0.198 e. The maximum absolute atomic E-state index is 4.49. The van der Waals surface area contributed by atoms with Crippen LogP contribution in [0.1, 0.15) is 18.9 Å². The molecule has 1 saturated carbocycles. The highest BCUT2D eigenvalue weighted by molar-refractivity contribution is 9.10. The Morgan fingerprint density at radius 3 is 2.69 bits per heavy atom. The third-order valence-corrected chi connectivity index (χ3v) is 5.74. The molecule has 0 amide bonds. The van der Waals surface area contributed by atoms with Gasteiger partial charge >= 0.3 is 0 Å². The Morgan fingerprint density at radius 1 is 1.04 bits per heavy atom. The highest BCUT2D eigenvalue weighted by atomic mass is 79.9. The Balaban J connectivity index is 1.60. The molecule has 1 aliphatic rings. The molecule has 0 spiro atoms. The van der Waals surface area contributed by atoms with Crippen molar-refractivity contribution < 1.29 is 0 Å². The summed E-state index contributed by atoms with van der Waals surface area (Å²) in [6.07, 6.45) is 7.47. The van der Waals surface area contributed by atoms with Crippen molar-refractivity contribution in [3.8, 4) is 11.4 Å². The Kier molecular flexibility index (Phi) is 3.94. The summed E-state index contributed by atoms with van der Waals surface area (Å²) < 4.78 is 3.23. The molecule has 3 heterocycles. The Morgan fingerprint density at radius 2 is 1.88 bits per heavy atom. The van der Waals surface area contributed by atoms with Crippen molar-refractivity contribution in [3.63, 3.8) is 0 Å². The SMILES string of the molecule is Brc1ccc2ncnc(Sc3nnc(-c4ccncc4)n3C3CC3)c2c1. The maximum atomic E-state index is 4.49. The van der Waals surface area contributed by atoms with Gasteiger partial charge < -0.3 is 0 Å². The predicted molar refractivity (Wildman–Crippen MR) is 103 cm³/mol. The monoisotopic (exact) mass is 424 g/mol. The zero-order valence-corrected chi connectivity index (χ0v) is 16.0. The number of nitrogens with zero attached hydrogens (tertiary/aromatic N) is 6. The lowest BCUT2D eigenvalue weighted by atomic mass is 10.2. The van der Waals surface area contributed by atoms with Crippen LogP contribution >= 0.6 is 27.7 Å². The van der Waals surface area contributed by atoms with Crippen LogP contribution in [0.15, 0.2) is 63.7 Å². The van der Waals surface area contributed by atoms with E-state index in [-0.39, 0.29) is 0 Å². The van der Waals surface area contributed by atoms with Crippen molar-refractivity contribution in [2.24, 2.45) is 0 Å². The van der Waals surface area contributed by atoms with E-state index in [1.165, 1.54) is 11.8 Å². The molecule has 128 valence electrons. The molecule has 1 fully saturated rings. The molecule has 4 aromatic rings. The van der Waals surface area contributed by atoms with Gasteiger partial charge in [-0.25, -0.2) is 9.97 Å². The highest BCUT2D eigenvalue weighted by Gasteiger charge is 2.30. The van der Waals surface area contributed by atoms with Gasteiger partial charge in [0, 0.05) is 33.9 Å². The van der Waals surface area contributed by atoms with Crippen molar-refractivity contribution in [1.29, 1.82) is 0 Å². The van der Waals surface area contributed by atoms with E-state index in [4.69, 9.17) is 0 Å². The molecule has 26 heavy (non-hydrogen) atoms. The molecule has 6 nitrogen and oxygen atoms in total. The summed E-state index contributed by atoms with van der Waals surface area (Å²) in [5, 5.41) is 11.7. The molecular formula is C18H13BrN6S. The van der Waals surface area contributed by atoms with E-state index in [2.05, 4.69) is 45.6 Å². The van der Waals surface area contributed by atoms with E-state index in [0.717, 1.165) is 49.8 Å². The summed E-state index contributed by atoms with van der Waals surface area (Å²) in [5.74, 6) is 0.886. The van der Waals surface area contributed by atoms with Crippen molar-refractivity contribution in [2.75, 3.05) is 0 Å². The van der Waals surface area contributed by atoms with Gasteiger partial charge in [-0.05, 0) is 54.9 Å². The van der Waals surface area contributed by atoms with E-state index in [1.54, 1.807) is 18.7 Å². The minimum absolute atomic E-state index is 0.454. The Labute approximate surface area is 162 Å². The second kappa shape index (κ2) is 6.44. The van der Waals surface area contributed by atoms with Crippen LogP contribution in [0.2, 0.25) is 0 Å². The number of hydrogen-bond acceptors (Lipinski definition) is 6. The zero-order valence-electron chi connectivity index (χ0n) is 13.6. The van der Waals surface area contributed by atoms with Crippen LogP contribution < -0.4 is 0 Å². The first-order chi connectivity index (χ1) is 12.8. The largest absolute Gasteiger partial charge is 0.299 e. The normalized spacial score (nSPS) is 14.0. The second-order valence-electron chi connectivity index (χ2n) is 6.09. The fourth-order valence-electron chi connectivity index (χ4n) is 2.88. The maximum Gasteiger partial charge on any atom is 0.198 e. The quantitative estimate of drug-likeness (QED) is 0.448. The summed E-state index contributed by atoms with van der Waals surface area (Å²) in [7, 11) is 0. The standard InChI is InChI=1S/C18H13BrN6S/c19-12-1-4-15-14(9-12)17(22-10-21-15)26-18-24-23-16(25(18)13-2-3-13)11-5-7-20-8-6-11/h1,4-10,13H,2-3H2. The second-order valence-corrected chi connectivity index (χ2v) is 7.96. The fourth-order valence-corrected chi connectivity index (χ4v) is 4.20. The molecule has 0 unspecified atom stereocenters. The number of halogens is 1. The molecule has 0 atom stereocenters. The molecule has 0 bridgehead atoms. The summed E-state index contributed by atoms with van der Waals surface area (Å²) in [6, 6.07) is 10.4. The van der Waals surface area contributed by atoms with E-state index in [0.29, 0.717) is 6.04 Å². The number of pyridine rings is 1. The predicted octanol–water partition coefficient (Wildman–Crippen LogP) is 4.53. The molecule has 1 aliphatic carbocycles. The number of fused-ring (bicyclic) bond motifs is 1. The first kappa shape index (κ1) is 15.9.